The van der Waals surface area contributed by atoms with Crippen molar-refractivity contribution in [3.05, 3.63) is 59.5 Å². The normalized spacial score (nSPS) is 14.7. The fraction of sp³-hybridized carbons (Fsp3) is 0.333. The summed E-state index contributed by atoms with van der Waals surface area (Å²) in [6.07, 6.45) is 2.20. The summed E-state index contributed by atoms with van der Waals surface area (Å²) in [4.78, 5) is 32.4. The van der Waals surface area contributed by atoms with E-state index in [1.165, 1.54) is 0 Å². The highest BCUT2D eigenvalue weighted by atomic mass is 16.2. The third kappa shape index (κ3) is 3.12. The number of carbonyl (C=O) groups is 2. The van der Waals surface area contributed by atoms with Crippen molar-refractivity contribution in [1.29, 1.82) is 0 Å². The maximum absolute atomic E-state index is 13.2. The molecule has 0 bridgehead atoms. The summed E-state index contributed by atoms with van der Waals surface area (Å²) in [6.45, 7) is 4.28. The van der Waals surface area contributed by atoms with Crippen molar-refractivity contribution >= 4 is 22.7 Å². The van der Waals surface area contributed by atoms with Crippen LogP contribution in [0, 0.1) is 6.92 Å². The van der Waals surface area contributed by atoms with Crippen LogP contribution in [-0.4, -0.2) is 57.3 Å². The van der Waals surface area contributed by atoms with Crippen LogP contribution >= 0.6 is 0 Å². The number of para-hydroxylation sites is 1. The lowest BCUT2D eigenvalue weighted by atomic mass is 10.1. The molecule has 3 heterocycles. The molecule has 6 nitrogen and oxygen atoms in total. The van der Waals surface area contributed by atoms with E-state index in [1.807, 2.05) is 66.4 Å². The van der Waals surface area contributed by atoms with Crippen molar-refractivity contribution in [2.75, 3.05) is 26.2 Å². The van der Waals surface area contributed by atoms with E-state index < -0.39 is 0 Å². The number of piperazine rings is 1. The molecule has 3 aromatic rings. The van der Waals surface area contributed by atoms with Crippen molar-refractivity contribution in [3.63, 3.8) is 0 Å². The summed E-state index contributed by atoms with van der Waals surface area (Å²) in [5.74, 6) is 0.159. The number of amides is 2. The average Bonchev–Trinajstić information content (AvgIpc) is 3.29. The molecule has 0 radical (unpaired) electrons. The number of rotatable bonds is 3. The van der Waals surface area contributed by atoms with E-state index in [1.54, 1.807) is 0 Å². The number of nitrogens with zero attached hydrogens (tertiary/aromatic N) is 3. The molecule has 1 saturated heterocycles. The maximum atomic E-state index is 13.2. The van der Waals surface area contributed by atoms with E-state index in [4.69, 9.17) is 0 Å². The third-order valence-corrected chi connectivity index (χ3v) is 5.54. The molecule has 6 heteroatoms. The molecule has 0 aliphatic carbocycles. The molecule has 0 spiro atoms. The number of hydrogen-bond donors (Lipinski definition) is 1. The summed E-state index contributed by atoms with van der Waals surface area (Å²) in [5.41, 5.74) is 3.74. The van der Waals surface area contributed by atoms with Gasteiger partial charge in [0, 0.05) is 61.7 Å². The van der Waals surface area contributed by atoms with Crippen LogP contribution in [0.1, 0.15) is 21.7 Å². The molecule has 0 atom stereocenters. The van der Waals surface area contributed by atoms with E-state index in [2.05, 4.69) is 9.55 Å². The van der Waals surface area contributed by atoms with E-state index in [0.29, 0.717) is 32.6 Å². The van der Waals surface area contributed by atoms with Crippen molar-refractivity contribution in [2.24, 2.45) is 7.05 Å². The van der Waals surface area contributed by atoms with Gasteiger partial charge in [0.15, 0.2) is 0 Å². The topological polar surface area (TPSA) is 61.3 Å². The Bertz CT molecular complexity index is 979. The number of H-pyrrole nitrogens is 1. The summed E-state index contributed by atoms with van der Waals surface area (Å²) in [5, 5.41) is 0.993. The number of benzene rings is 1. The zero-order chi connectivity index (χ0) is 19.0. The fourth-order valence-corrected chi connectivity index (χ4v) is 3.86. The van der Waals surface area contributed by atoms with Crippen molar-refractivity contribution in [1.82, 2.24) is 19.4 Å². The first kappa shape index (κ1) is 17.4. The minimum absolute atomic E-state index is 0.0563. The van der Waals surface area contributed by atoms with Gasteiger partial charge in [0.1, 0.15) is 0 Å². The second-order valence-electron chi connectivity index (χ2n) is 7.08. The molecule has 1 aromatic carbocycles. The summed E-state index contributed by atoms with van der Waals surface area (Å²) >= 11 is 0. The van der Waals surface area contributed by atoms with Crippen LogP contribution in [0.3, 0.4) is 0 Å². The molecular weight excluding hydrogens is 340 g/mol. The smallest absolute Gasteiger partial charge is 0.256 e. The molecule has 140 valence electrons. The Morgan fingerprint density at radius 1 is 1.00 bits per heavy atom. The van der Waals surface area contributed by atoms with Gasteiger partial charge in [-0.1, -0.05) is 18.2 Å². The van der Waals surface area contributed by atoms with E-state index in [0.717, 1.165) is 27.9 Å². The predicted molar refractivity (Wildman–Crippen MR) is 105 cm³/mol. The number of aryl methyl sites for hydroxylation is 1. The summed E-state index contributed by atoms with van der Waals surface area (Å²) in [6, 6.07) is 11.8. The minimum Gasteiger partial charge on any atom is -0.365 e. The van der Waals surface area contributed by atoms with Gasteiger partial charge < -0.3 is 19.4 Å². The van der Waals surface area contributed by atoms with Gasteiger partial charge in [-0.25, -0.2) is 0 Å². The zero-order valence-corrected chi connectivity index (χ0v) is 15.7. The molecular formula is C21H24N4O2. The van der Waals surface area contributed by atoms with Gasteiger partial charge in [0.2, 0.25) is 5.91 Å². The lowest BCUT2D eigenvalue weighted by Crippen LogP contribution is -2.51. The fourth-order valence-electron chi connectivity index (χ4n) is 3.86. The second kappa shape index (κ2) is 6.95. The predicted octanol–water partition coefficient (Wildman–Crippen LogP) is 2.34. The van der Waals surface area contributed by atoms with Gasteiger partial charge in [-0.05, 0) is 25.1 Å². The number of nitrogens with one attached hydrogen (secondary N) is 1. The quantitative estimate of drug-likeness (QED) is 0.775. The van der Waals surface area contributed by atoms with Crippen molar-refractivity contribution in [3.8, 4) is 0 Å². The Hall–Kier alpha value is -3.02. The van der Waals surface area contributed by atoms with Crippen molar-refractivity contribution < 1.29 is 9.59 Å². The number of carbonyl (C=O) groups excluding carboxylic acids is 2. The Balaban J connectivity index is 1.46. The van der Waals surface area contributed by atoms with Crippen LogP contribution in [-0.2, 0) is 18.3 Å². The third-order valence-electron chi connectivity index (χ3n) is 5.54. The summed E-state index contributed by atoms with van der Waals surface area (Å²) in [7, 11) is 1.99. The highest BCUT2D eigenvalue weighted by Gasteiger charge is 2.28. The minimum atomic E-state index is 0.0563. The second-order valence-corrected chi connectivity index (χ2v) is 7.08. The van der Waals surface area contributed by atoms with Crippen LogP contribution in [0.5, 0.6) is 0 Å². The maximum Gasteiger partial charge on any atom is 0.256 e. The average molecular weight is 364 g/mol. The molecule has 1 aliphatic rings. The molecule has 1 aliphatic heterocycles. The molecule has 1 fully saturated rings. The van der Waals surface area contributed by atoms with Crippen LogP contribution in [0.25, 0.3) is 10.9 Å². The summed E-state index contributed by atoms with van der Waals surface area (Å²) < 4.78 is 2.07. The van der Waals surface area contributed by atoms with Crippen LogP contribution < -0.4 is 0 Å². The van der Waals surface area contributed by atoms with E-state index in [-0.39, 0.29) is 11.8 Å². The Kier molecular flexibility index (Phi) is 4.48. The number of fused-ring (bicyclic) bond motifs is 1. The number of aromatic amines is 1. The molecule has 27 heavy (non-hydrogen) atoms. The first-order valence-corrected chi connectivity index (χ1v) is 9.29. The number of aromatic nitrogens is 2. The van der Waals surface area contributed by atoms with E-state index in [9.17, 15) is 9.59 Å². The SMILES string of the molecule is Cc1c(C(=O)N2CCN(C(=O)Cc3ccc[nH]3)CC2)c2ccccc2n1C. The lowest BCUT2D eigenvalue weighted by molar-refractivity contribution is -0.132. The van der Waals surface area contributed by atoms with Gasteiger partial charge in [-0.15, -0.1) is 0 Å². The van der Waals surface area contributed by atoms with Gasteiger partial charge in [-0.3, -0.25) is 9.59 Å². The van der Waals surface area contributed by atoms with Gasteiger partial charge in [-0.2, -0.15) is 0 Å². The first-order valence-electron chi connectivity index (χ1n) is 9.29. The van der Waals surface area contributed by atoms with Gasteiger partial charge in [0.05, 0.1) is 12.0 Å². The number of hydrogen-bond acceptors (Lipinski definition) is 2. The standard InChI is InChI=1S/C21H24N4O2/c1-15-20(17-7-3-4-8-18(17)23(15)2)21(27)25-12-10-24(11-13-25)19(26)14-16-6-5-9-22-16/h3-9,22H,10-14H2,1-2H3. The molecule has 1 N–H and O–H groups in total. The van der Waals surface area contributed by atoms with Crippen LogP contribution in [0.2, 0.25) is 0 Å². The molecule has 2 amide bonds. The lowest BCUT2D eigenvalue weighted by Gasteiger charge is -2.35. The largest absolute Gasteiger partial charge is 0.365 e. The Labute approximate surface area is 158 Å². The van der Waals surface area contributed by atoms with Gasteiger partial charge >= 0.3 is 0 Å². The highest BCUT2D eigenvalue weighted by Crippen LogP contribution is 2.26. The van der Waals surface area contributed by atoms with E-state index >= 15 is 0 Å². The highest BCUT2D eigenvalue weighted by molar-refractivity contribution is 6.08. The van der Waals surface area contributed by atoms with Crippen LogP contribution in [0.15, 0.2) is 42.6 Å². The van der Waals surface area contributed by atoms with Crippen LogP contribution in [0.4, 0.5) is 0 Å². The first-order chi connectivity index (χ1) is 13.1. The Morgan fingerprint density at radius 2 is 1.70 bits per heavy atom. The zero-order valence-electron chi connectivity index (χ0n) is 15.7. The molecule has 2 aromatic heterocycles. The van der Waals surface area contributed by atoms with Gasteiger partial charge in [0.25, 0.3) is 5.91 Å². The molecule has 0 unspecified atom stereocenters. The molecule has 0 saturated carbocycles. The molecule has 4 rings (SSSR count). The monoisotopic (exact) mass is 364 g/mol. The van der Waals surface area contributed by atoms with Crippen molar-refractivity contribution in [2.45, 2.75) is 13.3 Å². The Morgan fingerprint density at radius 3 is 2.41 bits per heavy atom.